The number of ether oxygens (including phenoxy) is 9. The van der Waals surface area contributed by atoms with Gasteiger partial charge >= 0.3 is 11.9 Å². The van der Waals surface area contributed by atoms with Gasteiger partial charge in [-0.05, 0) is 43.5 Å². The lowest BCUT2D eigenvalue weighted by Gasteiger charge is -2.13. The lowest BCUT2D eigenvalue weighted by molar-refractivity contribution is -0.150. The van der Waals surface area contributed by atoms with E-state index in [4.69, 9.17) is 42.6 Å². The van der Waals surface area contributed by atoms with Gasteiger partial charge in [0.15, 0.2) is 0 Å². The third-order valence-electron chi connectivity index (χ3n) is 6.88. The second-order valence-electron chi connectivity index (χ2n) is 10.7. The summed E-state index contributed by atoms with van der Waals surface area (Å²) in [6.07, 6.45) is 6.06. The molecule has 272 valence electrons. The van der Waals surface area contributed by atoms with Gasteiger partial charge in [-0.3, -0.25) is 4.79 Å². The molecule has 12 heteroatoms. The average Bonchev–Trinajstić information content (AvgIpc) is 3.08. The molecule has 0 radical (unpaired) electrons. The zero-order chi connectivity index (χ0) is 34.0. The van der Waals surface area contributed by atoms with Gasteiger partial charge < -0.3 is 47.9 Å². The predicted octanol–water partition coefficient (Wildman–Crippen LogP) is 4.93. The number of benzene rings is 1. The summed E-state index contributed by atoms with van der Waals surface area (Å²) in [7, 11) is 0. The quantitative estimate of drug-likeness (QED) is 0.0788. The van der Waals surface area contributed by atoms with Crippen LogP contribution in [0.2, 0.25) is 0 Å². The zero-order valence-corrected chi connectivity index (χ0v) is 29.1. The van der Waals surface area contributed by atoms with E-state index in [9.17, 15) is 9.59 Å². The lowest BCUT2D eigenvalue weighted by atomic mass is 10.00. The highest BCUT2D eigenvalue weighted by molar-refractivity contribution is 5.89. The van der Waals surface area contributed by atoms with Crippen LogP contribution in [0.1, 0.15) is 69.7 Å². The van der Waals surface area contributed by atoms with Gasteiger partial charge in [0.25, 0.3) is 0 Å². The number of hydrogen-bond donors (Lipinski definition) is 1. The van der Waals surface area contributed by atoms with Gasteiger partial charge in [0, 0.05) is 12.2 Å². The van der Waals surface area contributed by atoms with E-state index in [-0.39, 0.29) is 31.1 Å². The Hall–Kier alpha value is -2.32. The highest BCUT2D eigenvalue weighted by Gasteiger charge is 2.17. The van der Waals surface area contributed by atoms with Crippen LogP contribution in [0.3, 0.4) is 0 Å². The fourth-order valence-electron chi connectivity index (χ4n) is 4.09. The summed E-state index contributed by atoms with van der Waals surface area (Å²) in [6, 6.07) is 7.28. The molecule has 0 bridgehead atoms. The van der Waals surface area contributed by atoms with E-state index < -0.39 is 0 Å². The first-order chi connectivity index (χ1) is 23.1. The molecule has 0 aliphatic rings. The van der Waals surface area contributed by atoms with Gasteiger partial charge in [-0.25, -0.2) is 4.79 Å². The third kappa shape index (κ3) is 25.4. The Morgan fingerprint density at radius 2 is 0.957 bits per heavy atom. The fraction of sp³-hybridized carbons (Fsp3) is 0.771. The van der Waals surface area contributed by atoms with E-state index in [0.717, 1.165) is 50.8 Å². The predicted molar refractivity (Wildman–Crippen MR) is 180 cm³/mol. The standard InChI is InChI=1S/C35H61NO11/c1-4-7-9-31(6-3)34(37)46-29-27-44-25-23-42-21-19-40-17-15-39-16-18-41-20-22-43-24-26-45-28-30-47-35(38)32-10-12-33(13-11-32)36-14-8-5-2/h10-13,31,36H,4-9,14-30H2,1-3H3. The second-order valence-corrected chi connectivity index (χ2v) is 10.7. The number of rotatable bonds is 34. The Labute approximate surface area is 282 Å². The van der Waals surface area contributed by atoms with Gasteiger partial charge in [-0.1, -0.05) is 40.0 Å². The highest BCUT2D eigenvalue weighted by Crippen LogP contribution is 2.14. The van der Waals surface area contributed by atoms with Gasteiger partial charge in [-0.2, -0.15) is 0 Å². The minimum atomic E-state index is -0.363. The van der Waals surface area contributed by atoms with E-state index >= 15 is 0 Å². The topological polar surface area (TPSA) is 129 Å². The van der Waals surface area contributed by atoms with E-state index in [1.807, 2.05) is 19.1 Å². The van der Waals surface area contributed by atoms with Gasteiger partial charge in [0.05, 0.1) is 104 Å². The van der Waals surface area contributed by atoms with Crippen LogP contribution >= 0.6 is 0 Å². The molecule has 0 amide bonds. The first-order valence-corrected chi connectivity index (χ1v) is 17.3. The van der Waals surface area contributed by atoms with Crippen molar-refractivity contribution in [3.8, 4) is 0 Å². The Balaban J connectivity index is 1.76. The minimum Gasteiger partial charge on any atom is -0.463 e. The largest absolute Gasteiger partial charge is 0.463 e. The maximum Gasteiger partial charge on any atom is 0.338 e. The number of hydrogen-bond acceptors (Lipinski definition) is 12. The monoisotopic (exact) mass is 671 g/mol. The molecule has 1 atom stereocenters. The molecule has 0 saturated carbocycles. The van der Waals surface area contributed by atoms with Crippen LogP contribution in [0, 0.1) is 5.92 Å². The second kappa shape index (κ2) is 32.2. The Kier molecular flexibility index (Phi) is 29.3. The number of nitrogens with one attached hydrogen (secondary N) is 1. The van der Waals surface area contributed by atoms with Crippen LogP contribution < -0.4 is 5.32 Å². The summed E-state index contributed by atoms with van der Waals surface area (Å²) in [6.45, 7) is 13.9. The van der Waals surface area contributed by atoms with Crippen LogP contribution in [0.5, 0.6) is 0 Å². The molecule has 1 rings (SSSR count). The molecule has 47 heavy (non-hydrogen) atoms. The normalized spacial score (nSPS) is 11.8. The molecule has 0 aliphatic heterocycles. The fourth-order valence-corrected chi connectivity index (χ4v) is 4.09. The van der Waals surface area contributed by atoms with Crippen molar-refractivity contribution in [3.05, 3.63) is 29.8 Å². The van der Waals surface area contributed by atoms with Gasteiger partial charge in [0.1, 0.15) is 13.2 Å². The van der Waals surface area contributed by atoms with Crippen molar-refractivity contribution >= 4 is 17.6 Å². The Bertz CT molecular complexity index is 856. The molecule has 0 aliphatic carbocycles. The van der Waals surface area contributed by atoms with Crippen molar-refractivity contribution in [2.45, 2.75) is 59.3 Å². The molecule has 1 aromatic carbocycles. The minimum absolute atomic E-state index is 0.00729. The molecular formula is C35H61NO11. The van der Waals surface area contributed by atoms with Crippen molar-refractivity contribution in [2.75, 3.05) is 118 Å². The first-order valence-electron chi connectivity index (χ1n) is 17.3. The molecule has 12 nitrogen and oxygen atoms in total. The lowest BCUT2D eigenvalue weighted by Crippen LogP contribution is -2.20. The molecule has 1 unspecified atom stereocenters. The third-order valence-corrected chi connectivity index (χ3v) is 6.88. The molecule has 0 saturated heterocycles. The van der Waals surface area contributed by atoms with Crippen LogP contribution in [-0.2, 0) is 47.4 Å². The summed E-state index contributed by atoms with van der Waals surface area (Å²) in [4.78, 5) is 24.1. The summed E-state index contributed by atoms with van der Waals surface area (Å²) in [5.41, 5.74) is 1.51. The number of carbonyl (C=O) groups excluding carboxylic acids is 2. The maximum absolute atomic E-state index is 12.1. The highest BCUT2D eigenvalue weighted by atomic mass is 16.6. The average molecular weight is 672 g/mol. The van der Waals surface area contributed by atoms with E-state index in [1.165, 1.54) is 0 Å². The Morgan fingerprint density at radius 3 is 1.36 bits per heavy atom. The molecule has 1 N–H and O–H groups in total. The summed E-state index contributed by atoms with van der Waals surface area (Å²) in [5, 5.41) is 3.32. The van der Waals surface area contributed by atoms with E-state index in [0.29, 0.717) is 98.1 Å². The SMILES string of the molecule is CCCCNc1ccc(C(=O)OCCOCCOCCOCCOCCOCCOCCOCCOC(=O)C(CC)CCCC)cc1. The molecule has 0 heterocycles. The first kappa shape index (κ1) is 42.7. The van der Waals surface area contributed by atoms with Crippen molar-refractivity contribution in [3.63, 3.8) is 0 Å². The molecule has 1 aromatic rings. The van der Waals surface area contributed by atoms with E-state index in [1.54, 1.807) is 12.1 Å². The smallest absolute Gasteiger partial charge is 0.338 e. The number of anilines is 1. The molecule has 0 aromatic heterocycles. The van der Waals surface area contributed by atoms with Gasteiger partial charge in [-0.15, -0.1) is 0 Å². The van der Waals surface area contributed by atoms with Crippen molar-refractivity contribution in [1.82, 2.24) is 0 Å². The van der Waals surface area contributed by atoms with Crippen molar-refractivity contribution in [1.29, 1.82) is 0 Å². The van der Waals surface area contributed by atoms with Gasteiger partial charge in [0.2, 0.25) is 0 Å². The van der Waals surface area contributed by atoms with Crippen LogP contribution in [0.4, 0.5) is 5.69 Å². The zero-order valence-electron chi connectivity index (χ0n) is 29.1. The number of carbonyl (C=O) groups is 2. The maximum atomic E-state index is 12.1. The van der Waals surface area contributed by atoms with E-state index in [2.05, 4.69) is 19.2 Å². The molecular weight excluding hydrogens is 610 g/mol. The summed E-state index contributed by atoms with van der Waals surface area (Å²) < 4.78 is 48.8. The number of esters is 2. The number of unbranched alkanes of at least 4 members (excludes halogenated alkanes) is 2. The molecule has 0 spiro atoms. The van der Waals surface area contributed by atoms with Crippen LogP contribution in [0.25, 0.3) is 0 Å². The summed E-state index contributed by atoms with van der Waals surface area (Å²) >= 11 is 0. The molecule has 0 fully saturated rings. The van der Waals surface area contributed by atoms with Crippen LogP contribution in [-0.4, -0.2) is 124 Å². The Morgan fingerprint density at radius 1 is 0.553 bits per heavy atom. The van der Waals surface area contributed by atoms with Crippen LogP contribution in [0.15, 0.2) is 24.3 Å². The summed E-state index contributed by atoms with van der Waals surface area (Å²) in [5.74, 6) is -0.494. The van der Waals surface area contributed by atoms with Crippen molar-refractivity contribution in [2.24, 2.45) is 5.92 Å². The van der Waals surface area contributed by atoms with Crippen molar-refractivity contribution < 1.29 is 52.2 Å².